The van der Waals surface area contributed by atoms with Crippen molar-refractivity contribution in [2.24, 2.45) is 5.92 Å². The van der Waals surface area contributed by atoms with E-state index in [9.17, 15) is 10.2 Å². The zero-order valence-corrected chi connectivity index (χ0v) is 12.1. The molecule has 0 saturated carbocycles. The van der Waals surface area contributed by atoms with Gasteiger partial charge in [-0.25, -0.2) is 0 Å². The molecule has 21 heavy (non-hydrogen) atoms. The lowest BCUT2D eigenvalue weighted by atomic mass is 9.91. The second-order valence-electron chi connectivity index (χ2n) is 6.50. The first-order valence-corrected chi connectivity index (χ1v) is 7.88. The summed E-state index contributed by atoms with van der Waals surface area (Å²) in [6.45, 7) is 1.88. The van der Waals surface area contributed by atoms with Gasteiger partial charge in [0, 0.05) is 36.3 Å². The fourth-order valence-corrected chi connectivity index (χ4v) is 4.14. The third-order valence-corrected chi connectivity index (χ3v) is 5.14. The van der Waals surface area contributed by atoms with Crippen LogP contribution in [0.3, 0.4) is 0 Å². The molecule has 0 radical (unpaired) electrons. The topological polar surface area (TPSA) is 59.5 Å². The van der Waals surface area contributed by atoms with E-state index < -0.39 is 0 Å². The van der Waals surface area contributed by atoms with Gasteiger partial charge in [-0.3, -0.25) is 4.90 Å². The Morgan fingerprint density at radius 2 is 2.10 bits per heavy atom. The van der Waals surface area contributed by atoms with E-state index in [-0.39, 0.29) is 18.6 Å². The van der Waals surface area contributed by atoms with Crippen molar-refractivity contribution in [3.8, 4) is 0 Å². The van der Waals surface area contributed by atoms with Crippen molar-refractivity contribution in [2.75, 3.05) is 19.7 Å². The highest BCUT2D eigenvalue weighted by Gasteiger charge is 2.36. The molecule has 112 valence electrons. The summed E-state index contributed by atoms with van der Waals surface area (Å²) >= 11 is 0. The van der Waals surface area contributed by atoms with Crippen LogP contribution in [-0.2, 0) is 6.42 Å². The van der Waals surface area contributed by atoms with Crippen molar-refractivity contribution in [3.63, 3.8) is 0 Å². The minimum Gasteiger partial charge on any atom is -0.396 e. The number of para-hydroxylation sites is 1. The van der Waals surface area contributed by atoms with Gasteiger partial charge in [0.05, 0.1) is 12.1 Å². The highest BCUT2D eigenvalue weighted by Crippen LogP contribution is 2.40. The molecule has 1 fully saturated rings. The van der Waals surface area contributed by atoms with Crippen LogP contribution in [0.4, 0.5) is 0 Å². The lowest BCUT2D eigenvalue weighted by molar-refractivity contribution is 0.0920. The molecule has 0 unspecified atom stereocenters. The highest BCUT2D eigenvalue weighted by atomic mass is 16.3. The maximum absolute atomic E-state index is 10.2. The number of hydrogen-bond donors (Lipinski definition) is 3. The molecule has 3 N–H and O–H groups in total. The van der Waals surface area contributed by atoms with Gasteiger partial charge in [-0.1, -0.05) is 18.2 Å². The van der Waals surface area contributed by atoms with E-state index in [4.69, 9.17) is 0 Å². The molecule has 2 aromatic rings. The Morgan fingerprint density at radius 3 is 2.95 bits per heavy atom. The smallest absolute Gasteiger partial charge is 0.0670 e. The second kappa shape index (κ2) is 5.13. The van der Waals surface area contributed by atoms with Crippen LogP contribution in [0, 0.1) is 5.92 Å². The Bertz CT molecular complexity index is 651. The largest absolute Gasteiger partial charge is 0.396 e. The second-order valence-corrected chi connectivity index (χ2v) is 6.50. The number of benzene rings is 1. The molecular weight excluding hydrogens is 264 g/mol. The Hall–Kier alpha value is -1.36. The van der Waals surface area contributed by atoms with Crippen molar-refractivity contribution in [1.82, 2.24) is 9.88 Å². The van der Waals surface area contributed by atoms with Crippen LogP contribution < -0.4 is 0 Å². The minimum absolute atomic E-state index is 0.164. The van der Waals surface area contributed by atoms with Crippen LogP contribution in [0.25, 0.3) is 10.9 Å². The van der Waals surface area contributed by atoms with Crippen LogP contribution in [0.2, 0.25) is 0 Å². The molecule has 4 heteroatoms. The Labute approximate surface area is 124 Å². The van der Waals surface area contributed by atoms with E-state index in [1.807, 2.05) is 0 Å². The fraction of sp³-hybridized carbons (Fsp3) is 0.529. The summed E-state index contributed by atoms with van der Waals surface area (Å²) in [4.78, 5) is 5.98. The molecule has 2 aliphatic rings. The standard InChI is InChI=1S/C17H22N2O2/c20-10-11-7-12(21)9-19-6-5-14-13-3-1-2-4-15(13)18-17(14)16(19)8-11/h1-4,11-12,16,18,20-21H,5-10H2/t11-,12+,16+/m1/s1. The van der Waals surface area contributed by atoms with Crippen LogP contribution >= 0.6 is 0 Å². The van der Waals surface area contributed by atoms with Crippen LogP contribution in [0.5, 0.6) is 0 Å². The van der Waals surface area contributed by atoms with Gasteiger partial charge in [-0.05, 0) is 36.8 Å². The number of H-pyrrole nitrogens is 1. The molecule has 1 aromatic carbocycles. The first kappa shape index (κ1) is 13.3. The van der Waals surface area contributed by atoms with Gasteiger partial charge in [-0.2, -0.15) is 0 Å². The lowest BCUT2D eigenvalue weighted by Gasteiger charge is -2.35. The molecule has 4 nitrogen and oxygen atoms in total. The van der Waals surface area contributed by atoms with E-state index in [2.05, 4.69) is 34.1 Å². The Kier molecular flexibility index (Phi) is 3.25. The molecule has 3 atom stereocenters. The number of fused-ring (bicyclic) bond motifs is 5. The summed E-state index contributed by atoms with van der Waals surface area (Å²) in [5.74, 6) is 0.187. The van der Waals surface area contributed by atoms with Gasteiger partial charge >= 0.3 is 0 Å². The van der Waals surface area contributed by atoms with Crippen molar-refractivity contribution >= 4 is 10.9 Å². The monoisotopic (exact) mass is 286 g/mol. The molecule has 3 heterocycles. The molecule has 4 rings (SSSR count). The van der Waals surface area contributed by atoms with Gasteiger partial charge in [0.2, 0.25) is 0 Å². The molecule has 0 aliphatic carbocycles. The van der Waals surface area contributed by atoms with E-state index in [0.717, 1.165) is 25.9 Å². The van der Waals surface area contributed by atoms with Gasteiger partial charge < -0.3 is 15.2 Å². The number of hydrogen-bond acceptors (Lipinski definition) is 3. The van der Waals surface area contributed by atoms with Crippen LogP contribution in [-0.4, -0.2) is 45.9 Å². The average molecular weight is 286 g/mol. The third-order valence-electron chi connectivity index (χ3n) is 5.14. The third kappa shape index (κ3) is 2.18. The zero-order chi connectivity index (χ0) is 14.4. The van der Waals surface area contributed by atoms with Crippen molar-refractivity contribution in [2.45, 2.75) is 31.4 Å². The fourth-order valence-electron chi connectivity index (χ4n) is 4.14. The molecule has 0 spiro atoms. The lowest BCUT2D eigenvalue weighted by Crippen LogP contribution is -2.38. The first-order valence-electron chi connectivity index (χ1n) is 7.88. The van der Waals surface area contributed by atoms with Crippen molar-refractivity contribution in [1.29, 1.82) is 0 Å². The van der Waals surface area contributed by atoms with Gasteiger partial charge in [0.15, 0.2) is 0 Å². The van der Waals surface area contributed by atoms with Crippen LogP contribution in [0.1, 0.15) is 30.1 Å². The number of aliphatic hydroxyl groups excluding tert-OH is 2. The summed E-state index contributed by atoms with van der Waals surface area (Å²) in [6.07, 6.45) is 2.34. The predicted octanol–water partition coefficient (Wildman–Crippen LogP) is 1.83. The van der Waals surface area contributed by atoms with Crippen LogP contribution in [0.15, 0.2) is 24.3 Å². The van der Waals surface area contributed by atoms with Gasteiger partial charge in [0.25, 0.3) is 0 Å². The molecule has 2 aliphatic heterocycles. The molecule has 0 bridgehead atoms. The SMILES string of the molecule is OC[C@@H]1C[C@H](O)CN2CCc3c([nH]c4ccccc34)[C@@H]2C1. The summed E-state index contributed by atoms with van der Waals surface area (Å²) < 4.78 is 0. The Balaban J connectivity index is 1.78. The number of nitrogens with one attached hydrogen (secondary N) is 1. The maximum atomic E-state index is 10.2. The van der Waals surface area contributed by atoms with Gasteiger partial charge in [0.1, 0.15) is 0 Å². The summed E-state index contributed by atoms with van der Waals surface area (Å²) in [7, 11) is 0. The highest BCUT2D eigenvalue weighted by molar-refractivity contribution is 5.85. The predicted molar refractivity (Wildman–Crippen MR) is 82.1 cm³/mol. The number of nitrogens with zero attached hydrogens (tertiary/aromatic N) is 1. The van der Waals surface area contributed by atoms with E-state index in [1.54, 1.807) is 0 Å². The number of rotatable bonds is 1. The minimum atomic E-state index is -0.321. The zero-order valence-electron chi connectivity index (χ0n) is 12.1. The van der Waals surface area contributed by atoms with E-state index in [1.165, 1.54) is 22.2 Å². The molecule has 0 amide bonds. The number of aliphatic hydroxyl groups is 2. The molecular formula is C17H22N2O2. The maximum Gasteiger partial charge on any atom is 0.0670 e. The molecule has 1 aromatic heterocycles. The quantitative estimate of drug-likeness (QED) is 0.749. The first-order chi connectivity index (χ1) is 10.3. The number of aromatic nitrogens is 1. The summed E-state index contributed by atoms with van der Waals surface area (Å²) in [5, 5.41) is 21.1. The normalized spacial score (nSPS) is 29.9. The van der Waals surface area contributed by atoms with Crippen molar-refractivity contribution in [3.05, 3.63) is 35.5 Å². The van der Waals surface area contributed by atoms with E-state index in [0.29, 0.717) is 12.5 Å². The number of aromatic amines is 1. The van der Waals surface area contributed by atoms with Gasteiger partial charge in [-0.15, -0.1) is 0 Å². The summed E-state index contributed by atoms with van der Waals surface area (Å²) in [6, 6.07) is 8.78. The van der Waals surface area contributed by atoms with E-state index >= 15 is 0 Å². The summed E-state index contributed by atoms with van der Waals surface area (Å²) in [5.41, 5.74) is 3.93. The molecule has 1 saturated heterocycles. The Morgan fingerprint density at radius 1 is 1.24 bits per heavy atom. The van der Waals surface area contributed by atoms with Crippen molar-refractivity contribution < 1.29 is 10.2 Å². The average Bonchev–Trinajstić information content (AvgIpc) is 2.78.